The summed E-state index contributed by atoms with van der Waals surface area (Å²) in [5.74, 6) is -0.474. The van der Waals surface area contributed by atoms with E-state index in [0.717, 1.165) is 23.8 Å². The second-order valence-electron chi connectivity index (χ2n) is 8.28. The van der Waals surface area contributed by atoms with Crippen LogP contribution in [0.2, 0.25) is 0 Å². The van der Waals surface area contributed by atoms with Gasteiger partial charge in [-0.05, 0) is 43.7 Å². The number of amides is 1. The quantitative estimate of drug-likeness (QED) is 0.617. The van der Waals surface area contributed by atoms with Crippen LogP contribution in [0.4, 0.5) is 18.9 Å². The molecule has 3 rings (SSSR count). The summed E-state index contributed by atoms with van der Waals surface area (Å²) in [5, 5.41) is 14.2. The van der Waals surface area contributed by atoms with E-state index in [0.29, 0.717) is 19.3 Å². The molecule has 0 bridgehead atoms. The summed E-state index contributed by atoms with van der Waals surface area (Å²) < 4.78 is 38.7. The number of nitrogens with one attached hydrogen (secondary N) is 2. The van der Waals surface area contributed by atoms with Gasteiger partial charge >= 0.3 is 6.18 Å². The summed E-state index contributed by atoms with van der Waals surface area (Å²) in [5.41, 5.74) is -0.978. The van der Waals surface area contributed by atoms with Crippen LogP contribution in [0.15, 0.2) is 23.1 Å². The summed E-state index contributed by atoms with van der Waals surface area (Å²) in [6.07, 6.45) is 1.21. The molecule has 7 nitrogen and oxygen atoms in total. The number of alkyl halides is 3. The highest BCUT2D eigenvalue weighted by Gasteiger charge is 2.34. The minimum Gasteiger partial charge on any atom is -0.372 e. The number of rotatable bonds is 9. The average molecular weight is 438 g/mol. The summed E-state index contributed by atoms with van der Waals surface area (Å²) in [6.45, 7) is -1.36. The monoisotopic (exact) mass is 438 g/mol. The number of carbonyl (C=O) groups excluding carboxylic acids is 2. The van der Waals surface area contributed by atoms with E-state index in [9.17, 15) is 32.8 Å². The number of anilines is 1. The third-order valence-electron chi connectivity index (χ3n) is 5.77. The molecule has 2 aliphatic carbocycles. The lowest BCUT2D eigenvalue weighted by Gasteiger charge is -2.23. The number of nitrogens with zero attached hydrogens (tertiary/aromatic N) is 2. The first-order valence-corrected chi connectivity index (χ1v) is 10.4. The van der Waals surface area contributed by atoms with Crippen LogP contribution in [0.25, 0.3) is 0 Å². The van der Waals surface area contributed by atoms with Crippen LogP contribution in [0, 0.1) is 23.2 Å². The van der Waals surface area contributed by atoms with Crippen molar-refractivity contribution in [1.82, 2.24) is 9.88 Å². The molecule has 168 valence electrons. The highest BCUT2D eigenvalue weighted by Crippen LogP contribution is 2.37. The second kappa shape index (κ2) is 9.54. The Bertz CT molecular complexity index is 918. The first-order valence-electron chi connectivity index (χ1n) is 10.4. The van der Waals surface area contributed by atoms with Crippen LogP contribution in [-0.2, 0) is 9.59 Å². The van der Waals surface area contributed by atoms with Crippen molar-refractivity contribution in [1.29, 1.82) is 5.26 Å². The van der Waals surface area contributed by atoms with E-state index >= 15 is 0 Å². The number of carbonyl (C=O) groups is 2. The maximum absolute atomic E-state index is 13.0. The van der Waals surface area contributed by atoms with E-state index in [1.807, 2.05) is 6.07 Å². The van der Waals surface area contributed by atoms with E-state index in [-0.39, 0.29) is 29.7 Å². The molecule has 0 unspecified atom stereocenters. The maximum atomic E-state index is 13.0. The lowest BCUT2D eigenvalue weighted by atomic mass is 9.97. The van der Waals surface area contributed by atoms with Gasteiger partial charge in [0.2, 0.25) is 5.91 Å². The van der Waals surface area contributed by atoms with Gasteiger partial charge in [0.25, 0.3) is 5.56 Å². The molecule has 0 radical (unpaired) electrons. The Morgan fingerprint density at radius 2 is 2.00 bits per heavy atom. The molecule has 31 heavy (non-hydrogen) atoms. The molecule has 10 heteroatoms. The summed E-state index contributed by atoms with van der Waals surface area (Å²) in [6, 6.07) is 2.84. The van der Waals surface area contributed by atoms with Gasteiger partial charge in [-0.15, -0.1) is 0 Å². The molecule has 0 saturated heterocycles. The molecule has 2 saturated carbocycles. The molecule has 2 aliphatic rings. The first-order chi connectivity index (χ1) is 14.7. The van der Waals surface area contributed by atoms with E-state index in [1.54, 1.807) is 0 Å². The normalized spacial score (nSPS) is 20.7. The smallest absolute Gasteiger partial charge is 0.372 e. The SMILES string of the molecule is N#C[C@H](C[C@@H]1CCCC1=O)NC(=O)[C@H](CC1CC1)n1cccc(NCC(F)(F)F)c1=O. The molecule has 1 aromatic rings. The van der Waals surface area contributed by atoms with Crippen LogP contribution >= 0.6 is 0 Å². The number of ketones is 1. The Labute approximate surface area is 177 Å². The standard InChI is InChI=1S/C21H25F3N4O3/c22-21(23,24)12-26-16-4-2-8-28(20(16)31)17(9-13-6-7-13)19(30)27-15(11-25)10-14-3-1-5-18(14)29/h2,4,8,13-15,17,26H,1,3,5-7,9-10,12H2,(H,27,30)/t14-,15-,17-/m0/s1. The van der Waals surface area contributed by atoms with Crippen LogP contribution in [0.1, 0.15) is 51.0 Å². The largest absolute Gasteiger partial charge is 0.405 e. The molecule has 1 amide bonds. The Morgan fingerprint density at radius 1 is 1.26 bits per heavy atom. The zero-order valence-electron chi connectivity index (χ0n) is 17.0. The predicted molar refractivity (Wildman–Crippen MR) is 106 cm³/mol. The fraction of sp³-hybridized carbons (Fsp3) is 0.619. The summed E-state index contributed by atoms with van der Waals surface area (Å²) in [4.78, 5) is 37.6. The van der Waals surface area contributed by atoms with Crippen LogP contribution in [-0.4, -0.2) is 35.0 Å². The lowest BCUT2D eigenvalue weighted by molar-refractivity contribution is -0.126. The Hall–Kier alpha value is -2.83. The Morgan fingerprint density at radius 3 is 2.58 bits per heavy atom. The zero-order chi connectivity index (χ0) is 22.6. The van der Waals surface area contributed by atoms with Gasteiger partial charge in [-0.1, -0.05) is 12.8 Å². The molecule has 0 aliphatic heterocycles. The van der Waals surface area contributed by atoms with Gasteiger partial charge in [-0.25, -0.2) is 0 Å². The molecule has 0 spiro atoms. The molecule has 0 aromatic carbocycles. The van der Waals surface area contributed by atoms with Crippen molar-refractivity contribution in [3.05, 3.63) is 28.7 Å². The van der Waals surface area contributed by atoms with Gasteiger partial charge in [0, 0.05) is 18.5 Å². The fourth-order valence-corrected chi connectivity index (χ4v) is 3.94. The number of aromatic nitrogens is 1. The molecule has 1 heterocycles. The Kier molecular flexibility index (Phi) is 7.03. The minimum absolute atomic E-state index is 0.0867. The zero-order valence-corrected chi connectivity index (χ0v) is 17.0. The minimum atomic E-state index is -4.49. The lowest BCUT2D eigenvalue weighted by Crippen LogP contribution is -2.43. The molecule has 3 atom stereocenters. The van der Waals surface area contributed by atoms with E-state index in [4.69, 9.17) is 0 Å². The van der Waals surface area contributed by atoms with E-state index in [1.165, 1.54) is 18.3 Å². The molecule has 2 N–H and O–H groups in total. The van der Waals surface area contributed by atoms with Gasteiger partial charge in [-0.3, -0.25) is 14.4 Å². The van der Waals surface area contributed by atoms with E-state index in [2.05, 4.69) is 10.6 Å². The topological polar surface area (TPSA) is 104 Å². The average Bonchev–Trinajstić information content (AvgIpc) is 3.45. The van der Waals surface area contributed by atoms with Crippen molar-refractivity contribution in [2.24, 2.45) is 11.8 Å². The van der Waals surface area contributed by atoms with Crippen molar-refractivity contribution in [3.63, 3.8) is 0 Å². The highest BCUT2D eigenvalue weighted by molar-refractivity contribution is 5.83. The number of hydrogen-bond donors (Lipinski definition) is 2. The molecular formula is C21H25F3N4O3. The third kappa shape index (κ3) is 6.32. The van der Waals surface area contributed by atoms with Crippen molar-refractivity contribution in [2.75, 3.05) is 11.9 Å². The number of Topliss-reactive ketones (excluding diaryl/α,β-unsaturated/α-hetero) is 1. The van der Waals surface area contributed by atoms with Crippen LogP contribution in [0.3, 0.4) is 0 Å². The molecule has 2 fully saturated rings. The molecule has 1 aromatic heterocycles. The maximum Gasteiger partial charge on any atom is 0.405 e. The van der Waals surface area contributed by atoms with E-state index < -0.39 is 36.3 Å². The van der Waals surface area contributed by atoms with Crippen LogP contribution < -0.4 is 16.2 Å². The van der Waals surface area contributed by atoms with Gasteiger partial charge < -0.3 is 15.2 Å². The fourth-order valence-electron chi connectivity index (χ4n) is 3.94. The van der Waals surface area contributed by atoms with Crippen molar-refractivity contribution < 1.29 is 22.8 Å². The highest BCUT2D eigenvalue weighted by atomic mass is 19.4. The number of nitriles is 1. The summed E-state index contributed by atoms with van der Waals surface area (Å²) in [7, 11) is 0. The second-order valence-corrected chi connectivity index (χ2v) is 8.28. The first kappa shape index (κ1) is 22.8. The Balaban J connectivity index is 1.76. The van der Waals surface area contributed by atoms with Crippen molar-refractivity contribution >= 4 is 17.4 Å². The number of hydrogen-bond acceptors (Lipinski definition) is 5. The van der Waals surface area contributed by atoms with Crippen LogP contribution in [0.5, 0.6) is 0 Å². The van der Waals surface area contributed by atoms with Gasteiger partial charge in [0.1, 0.15) is 30.1 Å². The summed E-state index contributed by atoms with van der Waals surface area (Å²) >= 11 is 0. The van der Waals surface area contributed by atoms with Crippen molar-refractivity contribution in [2.45, 2.75) is 63.2 Å². The number of pyridine rings is 1. The van der Waals surface area contributed by atoms with Crippen molar-refractivity contribution in [3.8, 4) is 6.07 Å². The van der Waals surface area contributed by atoms with Gasteiger partial charge in [-0.2, -0.15) is 18.4 Å². The molecular weight excluding hydrogens is 413 g/mol. The number of halogens is 3. The predicted octanol–water partition coefficient (Wildman–Crippen LogP) is 2.93. The van der Waals surface area contributed by atoms with Gasteiger partial charge in [0.15, 0.2) is 0 Å². The van der Waals surface area contributed by atoms with Gasteiger partial charge in [0.05, 0.1) is 6.07 Å². The third-order valence-corrected chi connectivity index (χ3v) is 5.77.